The van der Waals surface area contributed by atoms with Crippen LogP contribution >= 0.6 is 0 Å². The van der Waals surface area contributed by atoms with Crippen molar-refractivity contribution in [3.05, 3.63) is 11.6 Å². The summed E-state index contributed by atoms with van der Waals surface area (Å²) in [4.78, 5) is 32.7. The van der Waals surface area contributed by atoms with E-state index in [1.165, 1.54) is 37.7 Å². The summed E-state index contributed by atoms with van der Waals surface area (Å²) in [6, 6.07) is 0.357. The number of carbonyl (C=O) groups is 2. The van der Waals surface area contributed by atoms with Crippen molar-refractivity contribution >= 4 is 17.6 Å². The van der Waals surface area contributed by atoms with Gasteiger partial charge in [-0.25, -0.2) is 4.79 Å². The van der Waals surface area contributed by atoms with E-state index in [-0.39, 0.29) is 16.9 Å². The van der Waals surface area contributed by atoms with Gasteiger partial charge in [-0.3, -0.25) is 9.63 Å². The summed E-state index contributed by atoms with van der Waals surface area (Å²) in [5.41, 5.74) is 2.86. The Morgan fingerprint density at radius 1 is 1.14 bits per heavy atom. The largest absolute Gasteiger partial charge is 0.436 e. The predicted molar refractivity (Wildman–Crippen MR) is 147 cm³/mol. The van der Waals surface area contributed by atoms with Crippen molar-refractivity contribution in [1.29, 1.82) is 0 Å². The van der Waals surface area contributed by atoms with Crippen molar-refractivity contribution in [2.24, 2.45) is 45.6 Å². The molecule has 0 bridgehead atoms. The lowest BCUT2D eigenvalue weighted by Gasteiger charge is -2.58. The highest BCUT2D eigenvalue weighted by molar-refractivity contribution is 5.91. The van der Waals surface area contributed by atoms with Crippen molar-refractivity contribution in [2.45, 2.75) is 105 Å². The molecule has 1 N–H and O–H groups in total. The zero-order valence-electron chi connectivity index (χ0n) is 23.9. The molecule has 1 amide bonds. The molecular weight excluding hydrogens is 462 g/mol. The Kier molecular flexibility index (Phi) is 7.61. The van der Waals surface area contributed by atoms with Crippen molar-refractivity contribution < 1.29 is 14.4 Å². The van der Waals surface area contributed by atoms with E-state index in [1.54, 1.807) is 0 Å². The smallest absolute Gasteiger partial charge is 0.312 e. The molecule has 1 heterocycles. The molecule has 1 unspecified atom stereocenters. The van der Waals surface area contributed by atoms with Crippen LogP contribution < -0.4 is 5.32 Å². The molecule has 4 aliphatic carbocycles. The third kappa shape index (κ3) is 5.04. The van der Waals surface area contributed by atoms with Crippen LogP contribution in [0.4, 0.5) is 4.79 Å². The van der Waals surface area contributed by atoms with E-state index in [0.717, 1.165) is 50.3 Å². The van der Waals surface area contributed by atoms with Crippen LogP contribution in [0, 0.1) is 40.4 Å². The van der Waals surface area contributed by atoms with Gasteiger partial charge in [-0.1, -0.05) is 38.4 Å². The predicted octanol–water partition coefficient (Wildman–Crippen LogP) is 6.36. The number of hydrogen-bond donors (Lipinski definition) is 1. The van der Waals surface area contributed by atoms with Crippen LogP contribution in [0.5, 0.6) is 0 Å². The molecule has 37 heavy (non-hydrogen) atoms. The number of amides is 1. The average molecular weight is 512 g/mol. The second kappa shape index (κ2) is 10.5. The van der Waals surface area contributed by atoms with E-state index >= 15 is 0 Å². The molecule has 6 nitrogen and oxygen atoms in total. The Hall–Kier alpha value is -1.69. The first-order valence-corrected chi connectivity index (χ1v) is 15.1. The molecule has 0 spiro atoms. The lowest BCUT2D eigenvalue weighted by Crippen LogP contribution is -2.51. The summed E-state index contributed by atoms with van der Waals surface area (Å²) < 4.78 is 0. The summed E-state index contributed by atoms with van der Waals surface area (Å²) in [6.45, 7) is 13.7. The van der Waals surface area contributed by atoms with Crippen LogP contribution in [0.3, 0.4) is 0 Å². The summed E-state index contributed by atoms with van der Waals surface area (Å²) in [5, 5.41) is 8.00. The monoisotopic (exact) mass is 511 g/mol. The topological polar surface area (TPSA) is 71.0 Å². The fraction of sp³-hybridized carbons (Fsp3) is 0.839. The van der Waals surface area contributed by atoms with Crippen LogP contribution in [-0.4, -0.2) is 48.2 Å². The van der Waals surface area contributed by atoms with E-state index in [0.29, 0.717) is 48.6 Å². The standard InChI is InChI=1S/C31H49N3O3/c1-20(2)18-34(19-23-7-6-16-32-23)29(36)37-33-21(3)26-10-11-27-25-9-8-22-17-24(35)12-14-30(22,4)28(25)13-15-31(26,27)5/h17,20,23,25-28,32H,6-16,18-19H2,1-5H3/b33-21+/t23?,25-,26+,27-,28-,30-,31+/m0/s1. The molecule has 7 atom stereocenters. The molecule has 1 saturated heterocycles. The molecule has 1 aliphatic heterocycles. The number of nitrogens with one attached hydrogen (secondary N) is 1. The van der Waals surface area contributed by atoms with E-state index in [2.05, 4.69) is 45.1 Å². The summed E-state index contributed by atoms with van der Waals surface area (Å²) >= 11 is 0. The second-order valence-electron chi connectivity index (χ2n) is 13.8. The van der Waals surface area contributed by atoms with E-state index in [4.69, 9.17) is 4.84 Å². The van der Waals surface area contributed by atoms with Crippen molar-refractivity contribution in [1.82, 2.24) is 10.2 Å². The molecule has 206 valence electrons. The number of ketones is 1. The van der Waals surface area contributed by atoms with Crippen LogP contribution in [-0.2, 0) is 9.63 Å². The van der Waals surface area contributed by atoms with Gasteiger partial charge in [0.25, 0.3) is 0 Å². The Morgan fingerprint density at radius 2 is 1.95 bits per heavy atom. The quantitative estimate of drug-likeness (QED) is 0.256. The average Bonchev–Trinajstić information content (AvgIpc) is 3.49. The SMILES string of the molecule is C/C(=N\OC(=O)N(CC(C)C)CC1CCCN1)[C@H]1CC[C@H]2[C@@H]3CCC4=CC(=O)CC[C@]4(C)[C@H]3CC[C@]12C. The van der Waals surface area contributed by atoms with E-state index in [1.807, 2.05) is 11.0 Å². The number of oxime groups is 1. The fourth-order valence-corrected chi connectivity index (χ4v) is 9.32. The highest BCUT2D eigenvalue weighted by Gasteiger charge is 2.59. The Labute approximate surface area is 224 Å². The van der Waals surface area contributed by atoms with Crippen molar-refractivity contribution in [2.75, 3.05) is 19.6 Å². The van der Waals surface area contributed by atoms with Gasteiger partial charge in [0, 0.05) is 31.5 Å². The minimum absolute atomic E-state index is 0.211. The lowest BCUT2D eigenvalue weighted by atomic mass is 9.46. The third-order valence-electron chi connectivity index (χ3n) is 11.2. The maximum atomic E-state index is 13.1. The lowest BCUT2D eigenvalue weighted by molar-refractivity contribution is -0.117. The van der Waals surface area contributed by atoms with Gasteiger partial charge in [0.1, 0.15) is 0 Å². The van der Waals surface area contributed by atoms with Crippen LogP contribution in [0.2, 0.25) is 0 Å². The van der Waals surface area contributed by atoms with Gasteiger partial charge in [0.2, 0.25) is 0 Å². The van der Waals surface area contributed by atoms with Gasteiger partial charge in [0.15, 0.2) is 5.78 Å². The maximum Gasteiger partial charge on any atom is 0.436 e. The Morgan fingerprint density at radius 3 is 2.68 bits per heavy atom. The number of nitrogens with zero attached hydrogens (tertiary/aromatic N) is 2. The normalized spacial score (nSPS) is 39.6. The summed E-state index contributed by atoms with van der Waals surface area (Å²) in [6.07, 6.45) is 12.9. The highest BCUT2D eigenvalue weighted by atomic mass is 16.7. The maximum absolute atomic E-state index is 13.1. The first-order chi connectivity index (χ1) is 17.6. The van der Waals surface area contributed by atoms with Gasteiger partial charge < -0.3 is 10.2 Å². The van der Waals surface area contributed by atoms with Gasteiger partial charge in [0.05, 0.1) is 5.71 Å². The number of carbonyl (C=O) groups excluding carboxylic acids is 2. The zero-order valence-corrected chi connectivity index (χ0v) is 23.9. The number of allylic oxidation sites excluding steroid dienone is 1. The Balaban J connectivity index is 1.26. The fourth-order valence-electron chi connectivity index (χ4n) is 9.32. The summed E-state index contributed by atoms with van der Waals surface area (Å²) in [5.74, 6) is 3.22. The minimum Gasteiger partial charge on any atom is -0.312 e. The molecule has 4 fully saturated rings. The first-order valence-electron chi connectivity index (χ1n) is 15.1. The van der Waals surface area contributed by atoms with E-state index in [9.17, 15) is 9.59 Å². The molecule has 0 aromatic heterocycles. The Bertz CT molecular complexity index is 951. The van der Waals surface area contributed by atoms with Gasteiger partial charge in [-0.2, -0.15) is 0 Å². The van der Waals surface area contributed by atoms with E-state index < -0.39 is 0 Å². The number of fused-ring (bicyclic) bond motifs is 5. The summed E-state index contributed by atoms with van der Waals surface area (Å²) in [7, 11) is 0. The number of hydrogen-bond acceptors (Lipinski definition) is 5. The number of rotatable bonds is 6. The molecule has 6 heteroatoms. The molecule has 0 aromatic carbocycles. The van der Waals surface area contributed by atoms with Crippen LogP contribution in [0.15, 0.2) is 16.8 Å². The van der Waals surface area contributed by atoms with Gasteiger partial charge >= 0.3 is 6.09 Å². The minimum atomic E-state index is -0.309. The molecule has 0 aromatic rings. The molecule has 3 saturated carbocycles. The van der Waals surface area contributed by atoms with Crippen molar-refractivity contribution in [3.63, 3.8) is 0 Å². The van der Waals surface area contributed by atoms with Crippen LogP contribution in [0.25, 0.3) is 0 Å². The van der Waals surface area contributed by atoms with Crippen molar-refractivity contribution in [3.8, 4) is 0 Å². The van der Waals surface area contributed by atoms with Gasteiger partial charge in [-0.15, -0.1) is 0 Å². The zero-order chi connectivity index (χ0) is 26.4. The first kappa shape index (κ1) is 26.9. The van der Waals surface area contributed by atoms with Crippen LogP contribution in [0.1, 0.15) is 98.8 Å². The molecular formula is C31H49N3O3. The molecule has 5 aliphatic rings. The molecule has 5 rings (SSSR count). The molecule has 0 radical (unpaired) electrons. The van der Waals surface area contributed by atoms with Gasteiger partial charge in [-0.05, 0) is 112 Å². The second-order valence-corrected chi connectivity index (χ2v) is 13.8. The highest BCUT2D eigenvalue weighted by Crippen LogP contribution is 2.66. The third-order valence-corrected chi connectivity index (χ3v) is 11.2.